The minimum absolute atomic E-state index is 1.03. The SMILES string of the molecule is CCCN1CCN(c2ccccc2P(C)(C)=O)CC1. The van der Waals surface area contributed by atoms with E-state index in [2.05, 4.69) is 22.8 Å². The van der Waals surface area contributed by atoms with Gasteiger partial charge in [-0.3, -0.25) is 4.90 Å². The molecule has 1 aliphatic heterocycles. The average Bonchev–Trinajstić information content (AvgIpc) is 2.39. The van der Waals surface area contributed by atoms with Crippen LogP contribution in [0.3, 0.4) is 0 Å². The van der Waals surface area contributed by atoms with Crippen molar-refractivity contribution in [3.05, 3.63) is 24.3 Å². The van der Waals surface area contributed by atoms with Gasteiger partial charge in [0, 0.05) is 37.2 Å². The molecule has 2 rings (SSSR count). The van der Waals surface area contributed by atoms with Gasteiger partial charge >= 0.3 is 0 Å². The van der Waals surface area contributed by atoms with Gasteiger partial charge in [0.1, 0.15) is 7.14 Å². The maximum Gasteiger partial charge on any atom is 0.111 e. The lowest BCUT2D eigenvalue weighted by molar-refractivity contribution is 0.258. The molecular weight excluding hydrogens is 255 g/mol. The summed E-state index contributed by atoms with van der Waals surface area (Å²) in [7, 11) is -2.21. The number of hydrogen-bond acceptors (Lipinski definition) is 3. The summed E-state index contributed by atoms with van der Waals surface area (Å²) in [5, 5.41) is 1.03. The Labute approximate surface area is 117 Å². The van der Waals surface area contributed by atoms with Crippen LogP contribution in [-0.4, -0.2) is 51.0 Å². The van der Waals surface area contributed by atoms with Crippen molar-refractivity contribution in [3.8, 4) is 0 Å². The predicted octanol–water partition coefficient (Wildman–Crippen LogP) is 2.47. The van der Waals surface area contributed by atoms with Gasteiger partial charge in [0.05, 0.1) is 0 Å². The maximum absolute atomic E-state index is 12.4. The highest BCUT2D eigenvalue weighted by molar-refractivity contribution is 7.70. The van der Waals surface area contributed by atoms with Gasteiger partial charge in [-0.05, 0) is 38.4 Å². The smallest absolute Gasteiger partial charge is 0.111 e. The topological polar surface area (TPSA) is 23.6 Å². The Hall–Kier alpha value is -0.790. The molecule has 0 N–H and O–H groups in total. The van der Waals surface area contributed by atoms with Crippen molar-refractivity contribution in [2.45, 2.75) is 13.3 Å². The van der Waals surface area contributed by atoms with Crippen LogP contribution in [0, 0.1) is 0 Å². The molecule has 0 atom stereocenters. The summed E-state index contributed by atoms with van der Waals surface area (Å²) in [6.45, 7) is 11.4. The Bertz CT molecular complexity index is 461. The molecule has 0 radical (unpaired) electrons. The average molecular weight is 280 g/mol. The fraction of sp³-hybridized carbons (Fsp3) is 0.600. The van der Waals surface area contributed by atoms with Crippen LogP contribution in [0.2, 0.25) is 0 Å². The first-order valence-corrected chi connectivity index (χ1v) is 9.74. The Morgan fingerprint density at radius 1 is 1.11 bits per heavy atom. The van der Waals surface area contributed by atoms with E-state index in [0.29, 0.717) is 0 Å². The summed E-state index contributed by atoms with van der Waals surface area (Å²) in [5.74, 6) is 0. The van der Waals surface area contributed by atoms with Gasteiger partial charge in [0.25, 0.3) is 0 Å². The summed E-state index contributed by atoms with van der Waals surface area (Å²) in [6, 6.07) is 8.18. The van der Waals surface area contributed by atoms with E-state index < -0.39 is 7.14 Å². The molecule has 0 bridgehead atoms. The lowest BCUT2D eigenvalue weighted by Gasteiger charge is -2.37. The Morgan fingerprint density at radius 2 is 1.74 bits per heavy atom. The first kappa shape index (κ1) is 14.6. The third-order valence-corrected chi connectivity index (χ3v) is 5.25. The number of para-hydroxylation sites is 1. The zero-order valence-corrected chi connectivity index (χ0v) is 13.2. The van der Waals surface area contributed by atoms with E-state index >= 15 is 0 Å². The molecule has 106 valence electrons. The number of rotatable bonds is 4. The Kier molecular flexibility index (Phi) is 4.70. The second kappa shape index (κ2) is 6.11. The molecule has 3 nitrogen and oxygen atoms in total. The van der Waals surface area contributed by atoms with E-state index in [0.717, 1.165) is 31.5 Å². The third kappa shape index (κ3) is 3.61. The fourth-order valence-corrected chi connectivity index (χ4v) is 3.93. The minimum Gasteiger partial charge on any atom is -0.368 e. The number of anilines is 1. The molecule has 1 fully saturated rings. The number of benzene rings is 1. The molecule has 1 aromatic rings. The number of hydrogen-bond donors (Lipinski definition) is 0. The molecule has 0 saturated carbocycles. The van der Waals surface area contributed by atoms with Crippen LogP contribution in [0.15, 0.2) is 24.3 Å². The van der Waals surface area contributed by atoms with Crippen LogP contribution >= 0.6 is 7.14 Å². The summed E-state index contributed by atoms with van der Waals surface area (Å²) in [5.41, 5.74) is 1.17. The van der Waals surface area contributed by atoms with Crippen LogP contribution in [0.4, 0.5) is 5.69 Å². The van der Waals surface area contributed by atoms with E-state index in [1.165, 1.54) is 18.7 Å². The highest BCUT2D eigenvalue weighted by Gasteiger charge is 2.22. The molecule has 0 unspecified atom stereocenters. The Morgan fingerprint density at radius 3 is 2.32 bits per heavy atom. The van der Waals surface area contributed by atoms with Crippen LogP contribution in [0.25, 0.3) is 0 Å². The first-order valence-electron chi connectivity index (χ1n) is 7.14. The third-order valence-electron chi connectivity index (χ3n) is 3.71. The molecule has 0 spiro atoms. The summed E-state index contributed by atoms with van der Waals surface area (Å²) >= 11 is 0. The molecule has 0 aromatic heterocycles. The standard InChI is InChI=1S/C15H25N2OP/c1-4-9-16-10-12-17(13-11-16)14-7-5-6-8-15(14)19(2,3)18/h5-8H,4,9-13H2,1-3H3. The lowest BCUT2D eigenvalue weighted by Crippen LogP contribution is -2.47. The van der Waals surface area contributed by atoms with Crippen LogP contribution in [0.5, 0.6) is 0 Å². The molecule has 1 aromatic carbocycles. The second-order valence-electron chi connectivity index (χ2n) is 5.67. The van der Waals surface area contributed by atoms with Crippen LogP contribution in [-0.2, 0) is 4.57 Å². The van der Waals surface area contributed by atoms with Crippen molar-refractivity contribution in [2.75, 3.05) is 51.0 Å². The minimum atomic E-state index is -2.21. The summed E-state index contributed by atoms with van der Waals surface area (Å²) in [6.07, 6.45) is 1.22. The molecule has 1 aliphatic rings. The normalized spacial score (nSPS) is 17.7. The van der Waals surface area contributed by atoms with Crippen molar-refractivity contribution in [2.24, 2.45) is 0 Å². The van der Waals surface area contributed by atoms with Crippen molar-refractivity contribution < 1.29 is 4.57 Å². The van der Waals surface area contributed by atoms with E-state index in [1.54, 1.807) is 0 Å². The predicted molar refractivity (Wildman–Crippen MR) is 84.5 cm³/mol. The van der Waals surface area contributed by atoms with Crippen molar-refractivity contribution >= 4 is 18.1 Å². The van der Waals surface area contributed by atoms with Crippen molar-refractivity contribution in [1.29, 1.82) is 0 Å². The van der Waals surface area contributed by atoms with Gasteiger partial charge < -0.3 is 9.46 Å². The fourth-order valence-electron chi connectivity index (χ4n) is 2.72. The quantitative estimate of drug-likeness (QED) is 0.792. The van der Waals surface area contributed by atoms with E-state index in [4.69, 9.17) is 0 Å². The number of piperazine rings is 1. The van der Waals surface area contributed by atoms with E-state index in [-0.39, 0.29) is 0 Å². The van der Waals surface area contributed by atoms with E-state index in [1.807, 2.05) is 31.5 Å². The van der Waals surface area contributed by atoms with E-state index in [9.17, 15) is 4.57 Å². The molecule has 19 heavy (non-hydrogen) atoms. The molecule has 0 aliphatic carbocycles. The zero-order chi connectivity index (χ0) is 13.9. The van der Waals surface area contributed by atoms with Crippen molar-refractivity contribution in [3.63, 3.8) is 0 Å². The highest BCUT2D eigenvalue weighted by atomic mass is 31.2. The second-order valence-corrected chi connectivity index (χ2v) is 8.85. The van der Waals surface area contributed by atoms with Crippen LogP contribution in [0.1, 0.15) is 13.3 Å². The molecule has 0 amide bonds. The number of nitrogens with zero attached hydrogens (tertiary/aromatic N) is 2. The van der Waals surface area contributed by atoms with Crippen LogP contribution < -0.4 is 10.2 Å². The van der Waals surface area contributed by atoms with Gasteiger partial charge in [-0.25, -0.2) is 0 Å². The maximum atomic E-state index is 12.4. The first-order chi connectivity index (χ1) is 9.02. The van der Waals surface area contributed by atoms with Gasteiger partial charge in [0.2, 0.25) is 0 Å². The Balaban J connectivity index is 2.14. The van der Waals surface area contributed by atoms with Gasteiger partial charge in [-0.15, -0.1) is 0 Å². The zero-order valence-electron chi connectivity index (χ0n) is 12.3. The lowest BCUT2D eigenvalue weighted by atomic mass is 10.2. The largest absolute Gasteiger partial charge is 0.368 e. The highest BCUT2D eigenvalue weighted by Crippen LogP contribution is 2.38. The summed E-state index contributed by atoms with van der Waals surface area (Å²) in [4.78, 5) is 4.90. The molecular formula is C15H25N2OP. The molecule has 1 saturated heterocycles. The molecule has 4 heteroatoms. The summed E-state index contributed by atoms with van der Waals surface area (Å²) < 4.78 is 12.4. The van der Waals surface area contributed by atoms with Crippen molar-refractivity contribution in [1.82, 2.24) is 4.90 Å². The monoisotopic (exact) mass is 280 g/mol. The van der Waals surface area contributed by atoms with Gasteiger partial charge in [-0.2, -0.15) is 0 Å². The molecule has 1 heterocycles. The van der Waals surface area contributed by atoms with Gasteiger partial charge in [0.15, 0.2) is 0 Å². The van der Waals surface area contributed by atoms with Gasteiger partial charge in [-0.1, -0.05) is 19.1 Å².